The van der Waals surface area contributed by atoms with Crippen LogP contribution < -0.4 is 5.32 Å². The molecule has 2 heteroatoms. The number of benzene rings is 1. The largest absolute Gasteiger partial charge is 0.508 e. The Morgan fingerprint density at radius 1 is 1.33 bits per heavy atom. The van der Waals surface area contributed by atoms with E-state index in [1.165, 1.54) is 11.1 Å². The molecule has 1 aromatic rings. The lowest BCUT2D eigenvalue weighted by molar-refractivity contribution is 0.316. The van der Waals surface area contributed by atoms with Crippen LogP contribution in [-0.4, -0.2) is 10.6 Å². The van der Waals surface area contributed by atoms with Crippen molar-refractivity contribution in [2.45, 2.75) is 65.0 Å². The standard InChI is InChI=1S/C16H25NO/c1-6-16(4,5)17-12-9-11(3)14-10(2)7-8-13(18)15(12)14/h7-8,11-12,17-18H,6,9H2,1-5H3. The van der Waals surface area contributed by atoms with Crippen molar-refractivity contribution >= 4 is 0 Å². The molecule has 0 aromatic heterocycles. The molecule has 2 nitrogen and oxygen atoms in total. The van der Waals surface area contributed by atoms with Crippen molar-refractivity contribution in [3.8, 4) is 5.75 Å². The molecule has 0 radical (unpaired) electrons. The van der Waals surface area contributed by atoms with Gasteiger partial charge in [-0.15, -0.1) is 0 Å². The predicted octanol–water partition coefficient (Wildman–Crippen LogP) is 4.03. The average molecular weight is 247 g/mol. The van der Waals surface area contributed by atoms with Crippen LogP contribution >= 0.6 is 0 Å². The lowest BCUT2D eigenvalue weighted by Crippen LogP contribution is -2.40. The summed E-state index contributed by atoms with van der Waals surface area (Å²) in [5.74, 6) is 0.974. The molecular weight excluding hydrogens is 222 g/mol. The first-order valence-electron chi connectivity index (χ1n) is 6.95. The zero-order chi connectivity index (χ0) is 13.5. The Labute approximate surface area is 110 Å². The van der Waals surface area contributed by atoms with Gasteiger partial charge in [-0.25, -0.2) is 0 Å². The number of hydrogen-bond acceptors (Lipinski definition) is 2. The number of phenolic OH excluding ortho intramolecular Hbond substituents is 1. The second-order valence-corrected chi connectivity index (χ2v) is 6.30. The molecule has 0 saturated heterocycles. The summed E-state index contributed by atoms with van der Waals surface area (Å²) in [5.41, 5.74) is 3.89. The first-order valence-corrected chi connectivity index (χ1v) is 6.95. The van der Waals surface area contributed by atoms with Crippen molar-refractivity contribution in [2.75, 3.05) is 0 Å². The smallest absolute Gasteiger partial charge is 0.120 e. The van der Waals surface area contributed by atoms with E-state index < -0.39 is 0 Å². The number of aryl methyl sites for hydroxylation is 1. The van der Waals surface area contributed by atoms with E-state index in [1.54, 1.807) is 0 Å². The normalized spacial score (nSPS) is 23.2. The lowest BCUT2D eigenvalue weighted by atomic mass is 9.96. The molecule has 2 N–H and O–H groups in total. The lowest BCUT2D eigenvalue weighted by Gasteiger charge is -2.30. The fourth-order valence-corrected chi connectivity index (χ4v) is 3.05. The number of phenols is 1. The van der Waals surface area contributed by atoms with Gasteiger partial charge in [0.05, 0.1) is 0 Å². The highest BCUT2D eigenvalue weighted by Crippen LogP contribution is 2.46. The summed E-state index contributed by atoms with van der Waals surface area (Å²) in [6.07, 6.45) is 2.16. The summed E-state index contributed by atoms with van der Waals surface area (Å²) in [5, 5.41) is 13.9. The van der Waals surface area contributed by atoms with Gasteiger partial charge in [0.2, 0.25) is 0 Å². The Kier molecular flexibility index (Phi) is 3.41. The van der Waals surface area contributed by atoms with E-state index in [1.807, 2.05) is 12.1 Å². The van der Waals surface area contributed by atoms with E-state index in [2.05, 4.69) is 39.9 Å². The van der Waals surface area contributed by atoms with E-state index in [0.717, 1.165) is 18.4 Å². The molecule has 0 saturated carbocycles. The van der Waals surface area contributed by atoms with Crippen molar-refractivity contribution in [1.82, 2.24) is 5.32 Å². The zero-order valence-electron chi connectivity index (χ0n) is 12.2. The van der Waals surface area contributed by atoms with Gasteiger partial charge in [0.25, 0.3) is 0 Å². The van der Waals surface area contributed by atoms with Crippen LogP contribution in [-0.2, 0) is 0 Å². The maximum atomic E-state index is 10.2. The number of fused-ring (bicyclic) bond motifs is 1. The maximum absolute atomic E-state index is 10.2. The Balaban J connectivity index is 2.38. The van der Waals surface area contributed by atoms with Crippen LogP contribution in [0.15, 0.2) is 12.1 Å². The number of aromatic hydroxyl groups is 1. The molecule has 1 aromatic carbocycles. The molecule has 0 aliphatic heterocycles. The van der Waals surface area contributed by atoms with Crippen molar-refractivity contribution in [2.24, 2.45) is 0 Å². The van der Waals surface area contributed by atoms with Crippen LogP contribution in [0.25, 0.3) is 0 Å². The van der Waals surface area contributed by atoms with Gasteiger partial charge in [0, 0.05) is 17.1 Å². The summed E-state index contributed by atoms with van der Waals surface area (Å²) in [6, 6.07) is 4.14. The van der Waals surface area contributed by atoms with Crippen molar-refractivity contribution in [3.05, 3.63) is 28.8 Å². The summed E-state index contributed by atoms with van der Waals surface area (Å²) in [4.78, 5) is 0. The van der Waals surface area contributed by atoms with Crippen LogP contribution in [0.2, 0.25) is 0 Å². The first-order chi connectivity index (χ1) is 8.35. The summed E-state index contributed by atoms with van der Waals surface area (Å²) in [7, 11) is 0. The molecule has 0 bridgehead atoms. The van der Waals surface area contributed by atoms with E-state index in [9.17, 15) is 5.11 Å². The van der Waals surface area contributed by atoms with Crippen LogP contribution in [0.4, 0.5) is 0 Å². The molecule has 2 rings (SSSR count). The van der Waals surface area contributed by atoms with Crippen LogP contribution in [0.5, 0.6) is 5.75 Å². The molecule has 1 aliphatic carbocycles. The molecular formula is C16H25NO. The van der Waals surface area contributed by atoms with Crippen LogP contribution in [0.1, 0.15) is 69.2 Å². The summed E-state index contributed by atoms with van der Waals surface area (Å²) < 4.78 is 0. The topological polar surface area (TPSA) is 32.3 Å². The highest BCUT2D eigenvalue weighted by atomic mass is 16.3. The van der Waals surface area contributed by atoms with Gasteiger partial charge in [0.1, 0.15) is 5.75 Å². The highest BCUT2D eigenvalue weighted by Gasteiger charge is 2.34. The second kappa shape index (κ2) is 4.58. The van der Waals surface area contributed by atoms with Gasteiger partial charge in [0.15, 0.2) is 0 Å². The minimum absolute atomic E-state index is 0.113. The van der Waals surface area contributed by atoms with Gasteiger partial charge < -0.3 is 10.4 Å². The third-order valence-electron chi connectivity index (χ3n) is 4.36. The molecule has 18 heavy (non-hydrogen) atoms. The van der Waals surface area contributed by atoms with E-state index >= 15 is 0 Å². The number of hydrogen-bond donors (Lipinski definition) is 2. The zero-order valence-corrected chi connectivity index (χ0v) is 12.2. The highest BCUT2D eigenvalue weighted by molar-refractivity contribution is 5.51. The van der Waals surface area contributed by atoms with E-state index in [4.69, 9.17) is 0 Å². The molecule has 0 spiro atoms. The van der Waals surface area contributed by atoms with Crippen molar-refractivity contribution < 1.29 is 5.11 Å². The van der Waals surface area contributed by atoms with Crippen LogP contribution in [0.3, 0.4) is 0 Å². The van der Waals surface area contributed by atoms with Crippen LogP contribution in [0, 0.1) is 6.92 Å². The predicted molar refractivity (Wildman–Crippen MR) is 76.1 cm³/mol. The van der Waals surface area contributed by atoms with Crippen molar-refractivity contribution in [3.63, 3.8) is 0 Å². The maximum Gasteiger partial charge on any atom is 0.120 e. The minimum Gasteiger partial charge on any atom is -0.508 e. The quantitative estimate of drug-likeness (QED) is 0.845. The molecule has 100 valence electrons. The number of nitrogens with one attached hydrogen (secondary N) is 1. The fraction of sp³-hybridized carbons (Fsp3) is 0.625. The fourth-order valence-electron chi connectivity index (χ4n) is 3.05. The van der Waals surface area contributed by atoms with E-state index in [0.29, 0.717) is 11.7 Å². The molecule has 0 amide bonds. The SMILES string of the molecule is CCC(C)(C)NC1CC(C)c2c(C)ccc(O)c21. The third kappa shape index (κ3) is 2.26. The minimum atomic E-state index is 0.113. The Morgan fingerprint density at radius 2 is 2.00 bits per heavy atom. The average Bonchev–Trinajstić information content (AvgIpc) is 2.61. The van der Waals surface area contributed by atoms with Gasteiger partial charge in [-0.3, -0.25) is 0 Å². The van der Waals surface area contributed by atoms with Gasteiger partial charge in [-0.1, -0.05) is 19.9 Å². The Hall–Kier alpha value is -1.02. The molecule has 2 atom stereocenters. The van der Waals surface area contributed by atoms with E-state index in [-0.39, 0.29) is 11.6 Å². The monoisotopic (exact) mass is 247 g/mol. The molecule has 0 heterocycles. The second-order valence-electron chi connectivity index (χ2n) is 6.30. The van der Waals surface area contributed by atoms with Gasteiger partial charge in [-0.05, 0) is 56.7 Å². The summed E-state index contributed by atoms with van der Waals surface area (Å²) in [6.45, 7) is 11.0. The Bertz CT molecular complexity index is 451. The molecule has 2 unspecified atom stereocenters. The van der Waals surface area contributed by atoms with Crippen molar-refractivity contribution in [1.29, 1.82) is 0 Å². The molecule has 0 fully saturated rings. The van der Waals surface area contributed by atoms with Gasteiger partial charge in [-0.2, -0.15) is 0 Å². The first kappa shape index (κ1) is 13.4. The van der Waals surface area contributed by atoms with Gasteiger partial charge >= 0.3 is 0 Å². The summed E-state index contributed by atoms with van der Waals surface area (Å²) >= 11 is 0. The molecule has 1 aliphatic rings. The Morgan fingerprint density at radius 3 is 2.61 bits per heavy atom. The third-order valence-corrected chi connectivity index (χ3v) is 4.36. The number of rotatable bonds is 3.